The Labute approximate surface area is 118 Å². The molecule has 19 heavy (non-hydrogen) atoms. The quantitative estimate of drug-likeness (QED) is 0.781. The van der Waals surface area contributed by atoms with E-state index in [9.17, 15) is 0 Å². The Hall–Kier alpha value is -0.900. The number of nitrogens with one attached hydrogen (secondary N) is 1. The van der Waals surface area contributed by atoms with Crippen molar-refractivity contribution in [1.29, 1.82) is 0 Å². The van der Waals surface area contributed by atoms with Crippen molar-refractivity contribution in [3.05, 3.63) is 35.9 Å². The molecule has 0 spiro atoms. The summed E-state index contributed by atoms with van der Waals surface area (Å²) < 4.78 is 5.37. The Kier molecular flexibility index (Phi) is 7.06. The molecular weight excluding hydrogens is 236 g/mol. The average molecular weight is 264 g/mol. The van der Waals surface area contributed by atoms with Gasteiger partial charge in [-0.15, -0.1) is 0 Å². The smallest absolute Gasteiger partial charge is 0.0657 e. The molecule has 3 heteroatoms. The van der Waals surface area contributed by atoms with E-state index in [1.54, 1.807) is 7.11 Å². The summed E-state index contributed by atoms with van der Waals surface area (Å²) in [6, 6.07) is 11.2. The van der Waals surface area contributed by atoms with Gasteiger partial charge in [0.2, 0.25) is 0 Å². The van der Waals surface area contributed by atoms with Crippen molar-refractivity contribution in [2.45, 2.75) is 25.9 Å². The second kappa shape index (κ2) is 8.31. The standard InChI is InChI=1S/C16H28N2O/c1-13(2)15(11-18(3)4)17-16(12-19-5)14-9-7-6-8-10-14/h6-10,13,15-17H,11-12H2,1-5H3. The van der Waals surface area contributed by atoms with E-state index in [1.165, 1.54) is 5.56 Å². The normalized spacial score (nSPS) is 14.9. The zero-order valence-corrected chi connectivity index (χ0v) is 12.9. The number of likely N-dealkylation sites (N-methyl/N-ethyl adjacent to an activating group) is 1. The first-order valence-electron chi connectivity index (χ1n) is 6.99. The van der Waals surface area contributed by atoms with Gasteiger partial charge < -0.3 is 15.0 Å². The van der Waals surface area contributed by atoms with Crippen molar-refractivity contribution in [1.82, 2.24) is 10.2 Å². The minimum absolute atomic E-state index is 0.249. The van der Waals surface area contributed by atoms with Gasteiger partial charge in [-0.05, 0) is 25.6 Å². The monoisotopic (exact) mass is 264 g/mol. The Morgan fingerprint density at radius 2 is 1.79 bits per heavy atom. The van der Waals surface area contributed by atoms with Gasteiger partial charge in [0.05, 0.1) is 12.6 Å². The fourth-order valence-corrected chi connectivity index (χ4v) is 2.20. The van der Waals surface area contributed by atoms with Crippen LogP contribution >= 0.6 is 0 Å². The first-order chi connectivity index (χ1) is 9.04. The largest absolute Gasteiger partial charge is 0.383 e. The highest BCUT2D eigenvalue weighted by Gasteiger charge is 2.20. The van der Waals surface area contributed by atoms with Crippen LogP contribution in [0.25, 0.3) is 0 Å². The molecule has 2 atom stereocenters. The predicted octanol–water partition coefficient (Wildman–Crippen LogP) is 2.55. The number of hydrogen-bond donors (Lipinski definition) is 1. The molecule has 0 aliphatic rings. The molecular formula is C16H28N2O. The van der Waals surface area contributed by atoms with Crippen molar-refractivity contribution in [2.75, 3.05) is 34.4 Å². The highest BCUT2D eigenvalue weighted by atomic mass is 16.5. The van der Waals surface area contributed by atoms with Gasteiger partial charge in [0, 0.05) is 19.7 Å². The molecule has 0 heterocycles. The highest BCUT2D eigenvalue weighted by molar-refractivity contribution is 5.19. The van der Waals surface area contributed by atoms with Crippen LogP contribution in [0.3, 0.4) is 0 Å². The summed E-state index contributed by atoms with van der Waals surface area (Å²) in [6.07, 6.45) is 0. The van der Waals surface area contributed by atoms with Gasteiger partial charge in [-0.3, -0.25) is 0 Å². The lowest BCUT2D eigenvalue weighted by molar-refractivity contribution is 0.150. The molecule has 1 aromatic carbocycles. The zero-order chi connectivity index (χ0) is 14.3. The Bertz CT molecular complexity index is 338. The Balaban J connectivity index is 2.76. The van der Waals surface area contributed by atoms with Gasteiger partial charge in [0.15, 0.2) is 0 Å². The van der Waals surface area contributed by atoms with Gasteiger partial charge in [-0.2, -0.15) is 0 Å². The summed E-state index contributed by atoms with van der Waals surface area (Å²) in [5.41, 5.74) is 1.29. The molecule has 0 aliphatic heterocycles. The van der Waals surface area contributed by atoms with Gasteiger partial charge in [0.1, 0.15) is 0 Å². The van der Waals surface area contributed by atoms with E-state index in [0.29, 0.717) is 18.6 Å². The summed E-state index contributed by atoms with van der Waals surface area (Å²) >= 11 is 0. The topological polar surface area (TPSA) is 24.5 Å². The van der Waals surface area contributed by atoms with Gasteiger partial charge in [-0.1, -0.05) is 44.2 Å². The molecule has 3 nitrogen and oxygen atoms in total. The van der Waals surface area contributed by atoms with Crippen molar-refractivity contribution in [3.8, 4) is 0 Å². The van der Waals surface area contributed by atoms with E-state index < -0.39 is 0 Å². The van der Waals surface area contributed by atoms with Crippen LogP contribution in [0.1, 0.15) is 25.5 Å². The second-order valence-electron chi connectivity index (χ2n) is 5.70. The number of hydrogen-bond acceptors (Lipinski definition) is 3. The summed E-state index contributed by atoms with van der Waals surface area (Å²) in [5.74, 6) is 0.588. The third kappa shape index (κ3) is 5.72. The third-order valence-corrected chi connectivity index (χ3v) is 3.32. The van der Waals surface area contributed by atoms with E-state index in [0.717, 1.165) is 6.54 Å². The van der Waals surface area contributed by atoms with Crippen LogP contribution < -0.4 is 5.32 Å². The number of nitrogens with zero attached hydrogens (tertiary/aromatic N) is 1. The molecule has 1 N–H and O–H groups in total. The SMILES string of the molecule is COCC(NC(CN(C)C)C(C)C)c1ccccc1. The van der Waals surface area contributed by atoms with Gasteiger partial charge in [-0.25, -0.2) is 0 Å². The van der Waals surface area contributed by atoms with Crippen molar-refractivity contribution in [3.63, 3.8) is 0 Å². The van der Waals surface area contributed by atoms with Crippen LogP contribution in [0.15, 0.2) is 30.3 Å². The maximum atomic E-state index is 5.37. The summed E-state index contributed by atoms with van der Waals surface area (Å²) in [4.78, 5) is 2.23. The second-order valence-corrected chi connectivity index (χ2v) is 5.70. The maximum absolute atomic E-state index is 5.37. The first kappa shape index (κ1) is 16.2. The van der Waals surface area contributed by atoms with Crippen molar-refractivity contribution in [2.24, 2.45) is 5.92 Å². The van der Waals surface area contributed by atoms with E-state index >= 15 is 0 Å². The molecule has 0 bridgehead atoms. The van der Waals surface area contributed by atoms with Crippen LogP contribution in [0.5, 0.6) is 0 Å². The molecule has 108 valence electrons. The summed E-state index contributed by atoms with van der Waals surface area (Å²) in [7, 11) is 5.99. The summed E-state index contributed by atoms with van der Waals surface area (Å²) in [6.45, 7) is 6.25. The van der Waals surface area contributed by atoms with E-state index in [1.807, 2.05) is 6.07 Å². The molecule has 0 radical (unpaired) electrons. The first-order valence-corrected chi connectivity index (χ1v) is 6.99. The molecule has 0 aromatic heterocycles. The molecule has 0 saturated heterocycles. The fraction of sp³-hybridized carbons (Fsp3) is 0.625. The molecule has 0 fully saturated rings. The fourth-order valence-electron chi connectivity index (χ4n) is 2.20. The number of methoxy groups -OCH3 is 1. The zero-order valence-electron chi connectivity index (χ0n) is 12.9. The average Bonchev–Trinajstić information content (AvgIpc) is 2.37. The van der Waals surface area contributed by atoms with E-state index in [-0.39, 0.29) is 6.04 Å². The summed E-state index contributed by atoms with van der Waals surface area (Å²) in [5, 5.41) is 3.74. The minimum atomic E-state index is 0.249. The number of ether oxygens (including phenoxy) is 1. The Morgan fingerprint density at radius 3 is 2.26 bits per heavy atom. The van der Waals surface area contributed by atoms with Crippen molar-refractivity contribution >= 4 is 0 Å². The van der Waals surface area contributed by atoms with E-state index in [4.69, 9.17) is 4.74 Å². The molecule has 1 rings (SSSR count). The third-order valence-electron chi connectivity index (χ3n) is 3.32. The van der Waals surface area contributed by atoms with Gasteiger partial charge in [0.25, 0.3) is 0 Å². The van der Waals surface area contributed by atoms with Crippen LogP contribution in [0.2, 0.25) is 0 Å². The van der Waals surface area contributed by atoms with Crippen LogP contribution in [0.4, 0.5) is 0 Å². The molecule has 0 saturated carbocycles. The lowest BCUT2D eigenvalue weighted by Crippen LogP contribution is -2.44. The van der Waals surface area contributed by atoms with Crippen LogP contribution in [-0.2, 0) is 4.74 Å². The van der Waals surface area contributed by atoms with Crippen LogP contribution in [0, 0.1) is 5.92 Å². The predicted molar refractivity (Wildman–Crippen MR) is 81.4 cm³/mol. The minimum Gasteiger partial charge on any atom is -0.383 e. The lowest BCUT2D eigenvalue weighted by atomic mass is 10.00. The maximum Gasteiger partial charge on any atom is 0.0657 e. The van der Waals surface area contributed by atoms with Gasteiger partial charge >= 0.3 is 0 Å². The molecule has 2 unspecified atom stereocenters. The van der Waals surface area contributed by atoms with E-state index in [2.05, 4.69) is 62.4 Å². The Morgan fingerprint density at radius 1 is 1.16 bits per heavy atom. The van der Waals surface area contributed by atoms with Crippen LogP contribution in [-0.4, -0.2) is 45.3 Å². The number of rotatable bonds is 8. The molecule has 0 amide bonds. The highest BCUT2D eigenvalue weighted by Crippen LogP contribution is 2.16. The van der Waals surface area contributed by atoms with Crippen molar-refractivity contribution < 1.29 is 4.74 Å². The molecule has 1 aromatic rings. The number of benzene rings is 1. The lowest BCUT2D eigenvalue weighted by Gasteiger charge is -2.30. The molecule has 0 aliphatic carbocycles.